The average molecular weight is 519 g/mol. The van der Waals surface area contributed by atoms with Crippen molar-refractivity contribution in [1.29, 1.82) is 0 Å². The van der Waals surface area contributed by atoms with Gasteiger partial charge in [0.05, 0.1) is 26.9 Å². The summed E-state index contributed by atoms with van der Waals surface area (Å²) in [5.74, 6) is 1.48. The first-order valence-electron chi connectivity index (χ1n) is 10.0. The topological polar surface area (TPSA) is 81.2 Å². The van der Waals surface area contributed by atoms with Crippen LogP contribution in [0.4, 0.5) is 0 Å². The molecule has 0 bridgehead atoms. The molecule has 1 unspecified atom stereocenters. The lowest BCUT2D eigenvalue weighted by Gasteiger charge is -2.16. The molecule has 1 atom stereocenters. The van der Waals surface area contributed by atoms with Crippen molar-refractivity contribution in [2.45, 2.75) is 52.2 Å². The number of guanidine groups is 1. The number of hydrogen-bond donors (Lipinski definition) is 2. The SMILES string of the molecule is CCNC(=NCc1ccc(C)cc1OC1CCOC1)NCCCCC(=O)OC.I. The molecule has 1 saturated heterocycles. The van der Waals surface area contributed by atoms with Crippen LogP contribution in [0, 0.1) is 6.92 Å². The molecule has 1 aliphatic rings. The molecule has 0 radical (unpaired) electrons. The molecule has 1 fully saturated rings. The fourth-order valence-electron chi connectivity index (χ4n) is 2.90. The lowest BCUT2D eigenvalue weighted by atomic mass is 10.1. The van der Waals surface area contributed by atoms with E-state index in [1.54, 1.807) is 0 Å². The van der Waals surface area contributed by atoms with Crippen LogP contribution in [-0.4, -0.2) is 51.4 Å². The molecule has 0 amide bonds. The zero-order chi connectivity index (χ0) is 20.2. The second-order valence-corrected chi connectivity index (χ2v) is 6.87. The molecule has 1 aromatic carbocycles. The minimum atomic E-state index is -0.167. The Morgan fingerprint density at radius 1 is 1.31 bits per heavy atom. The van der Waals surface area contributed by atoms with Gasteiger partial charge >= 0.3 is 5.97 Å². The highest BCUT2D eigenvalue weighted by atomic mass is 127. The van der Waals surface area contributed by atoms with Gasteiger partial charge < -0.3 is 24.8 Å². The number of ether oxygens (including phenoxy) is 3. The van der Waals surface area contributed by atoms with E-state index in [4.69, 9.17) is 9.47 Å². The van der Waals surface area contributed by atoms with Crippen LogP contribution in [0.15, 0.2) is 23.2 Å². The summed E-state index contributed by atoms with van der Waals surface area (Å²) in [4.78, 5) is 15.8. The van der Waals surface area contributed by atoms with Gasteiger partial charge in [-0.25, -0.2) is 4.99 Å². The minimum absolute atomic E-state index is 0. The Morgan fingerprint density at radius 3 is 2.83 bits per heavy atom. The van der Waals surface area contributed by atoms with Crippen LogP contribution >= 0.6 is 24.0 Å². The molecule has 0 aliphatic carbocycles. The Morgan fingerprint density at radius 2 is 2.14 bits per heavy atom. The third-order valence-corrected chi connectivity index (χ3v) is 4.48. The Bertz CT molecular complexity index is 649. The number of aliphatic imine (C=N–C) groups is 1. The lowest BCUT2D eigenvalue weighted by Crippen LogP contribution is -2.37. The maximum atomic E-state index is 11.2. The van der Waals surface area contributed by atoms with E-state index < -0.39 is 0 Å². The fourth-order valence-corrected chi connectivity index (χ4v) is 2.90. The molecule has 8 heteroatoms. The highest BCUT2D eigenvalue weighted by Crippen LogP contribution is 2.24. The van der Waals surface area contributed by atoms with E-state index in [1.807, 2.05) is 6.92 Å². The van der Waals surface area contributed by atoms with Gasteiger partial charge in [0, 0.05) is 31.5 Å². The van der Waals surface area contributed by atoms with Crippen LogP contribution in [0.5, 0.6) is 5.75 Å². The van der Waals surface area contributed by atoms with Crippen molar-refractivity contribution in [1.82, 2.24) is 10.6 Å². The highest BCUT2D eigenvalue weighted by molar-refractivity contribution is 14.0. The maximum Gasteiger partial charge on any atom is 0.305 e. The number of carbonyl (C=O) groups excluding carboxylic acids is 1. The van der Waals surface area contributed by atoms with Crippen molar-refractivity contribution >= 4 is 35.9 Å². The first-order chi connectivity index (χ1) is 13.6. The minimum Gasteiger partial charge on any atom is -0.488 e. The molecule has 0 saturated carbocycles. The summed E-state index contributed by atoms with van der Waals surface area (Å²) >= 11 is 0. The van der Waals surface area contributed by atoms with Gasteiger partial charge in [0.1, 0.15) is 11.9 Å². The summed E-state index contributed by atoms with van der Waals surface area (Å²) in [7, 11) is 1.42. The first-order valence-corrected chi connectivity index (χ1v) is 10.0. The fraction of sp³-hybridized carbons (Fsp3) is 0.619. The maximum absolute atomic E-state index is 11.2. The molecule has 2 rings (SSSR count). The molecule has 0 spiro atoms. The first kappa shape index (κ1) is 25.5. The van der Waals surface area contributed by atoms with Crippen molar-refractivity contribution in [2.24, 2.45) is 4.99 Å². The number of nitrogens with one attached hydrogen (secondary N) is 2. The van der Waals surface area contributed by atoms with Crippen molar-refractivity contribution in [3.8, 4) is 5.75 Å². The summed E-state index contributed by atoms with van der Waals surface area (Å²) < 4.78 is 16.2. The van der Waals surface area contributed by atoms with Gasteiger partial charge in [-0.15, -0.1) is 24.0 Å². The molecular weight excluding hydrogens is 485 g/mol. The zero-order valence-corrected chi connectivity index (χ0v) is 20.0. The number of carbonyl (C=O) groups is 1. The number of halogens is 1. The van der Waals surface area contributed by atoms with Crippen LogP contribution in [0.2, 0.25) is 0 Å². The predicted octanol–water partition coefficient (Wildman–Crippen LogP) is 3.18. The molecule has 2 N–H and O–H groups in total. The quantitative estimate of drug-likeness (QED) is 0.163. The van der Waals surface area contributed by atoms with E-state index in [9.17, 15) is 4.79 Å². The largest absolute Gasteiger partial charge is 0.488 e. The van der Waals surface area contributed by atoms with E-state index in [2.05, 4.69) is 45.5 Å². The highest BCUT2D eigenvalue weighted by Gasteiger charge is 2.18. The Hall–Kier alpha value is -1.55. The van der Waals surface area contributed by atoms with Crippen LogP contribution in [0.1, 0.15) is 43.7 Å². The zero-order valence-electron chi connectivity index (χ0n) is 17.7. The molecule has 1 aromatic rings. The second-order valence-electron chi connectivity index (χ2n) is 6.87. The lowest BCUT2D eigenvalue weighted by molar-refractivity contribution is -0.140. The van der Waals surface area contributed by atoms with Crippen LogP contribution in [-0.2, 0) is 20.8 Å². The number of aryl methyl sites for hydroxylation is 1. The summed E-state index contributed by atoms with van der Waals surface area (Å²) in [6.45, 7) is 7.56. The third-order valence-electron chi connectivity index (χ3n) is 4.48. The van der Waals surface area contributed by atoms with E-state index in [-0.39, 0.29) is 36.0 Å². The third kappa shape index (κ3) is 9.66. The van der Waals surface area contributed by atoms with Crippen LogP contribution < -0.4 is 15.4 Å². The number of nitrogens with zero attached hydrogens (tertiary/aromatic N) is 1. The standard InChI is InChI=1S/C21H33N3O4.HI/c1-4-22-21(23-11-6-5-7-20(25)26-3)24-14-17-9-8-16(2)13-19(17)28-18-10-12-27-15-18;/h8-9,13,18H,4-7,10-12,14-15H2,1-3H3,(H2,22,23,24);1H. The van der Waals surface area contributed by atoms with Gasteiger partial charge in [-0.1, -0.05) is 12.1 Å². The van der Waals surface area contributed by atoms with E-state index in [0.29, 0.717) is 19.6 Å². The molecule has 7 nitrogen and oxygen atoms in total. The van der Waals surface area contributed by atoms with Crippen molar-refractivity contribution < 1.29 is 19.0 Å². The van der Waals surface area contributed by atoms with Crippen LogP contribution in [0.3, 0.4) is 0 Å². The summed E-state index contributed by atoms with van der Waals surface area (Å²) in [6, 6.07) is 6.22. The Labute approximate surface area is 191 Å². The number of unbranched alkanes of at least 4 members (excludes halogenated alkanes) is 1. The van der Waals surface area contributed by atoms with Gasteiger partial charge in [0.25, 0.3) is 0 Å². The van der Waals surface area contributed by atoms with Gasteiger partial charge in [0.2, 0.25) is 0 Å². The number of esters is 1. The normalized spacial score (nSPS) is 16.1. The van der Waals surface area contributed by atoms with Gasteiger partial charge in [-0.05, 0) is 38.3 Å². The summed E-state index contributed by atoms with van der Waals surface area (Å²) in [6.07, 6.45) is 3.15. The average Bonchev–Trinajstić information content (AvgIpc) is 3.19. The van der Waals surface area contributed by atoms with E-state index in [0.717, 1.165) is 61.8 Å². The smallest absolute Gasteiger partial charge is 0.305 e. The molecule has 164 valence electrons. The number of rotatable bonds is 10. The van der Waals surface area contributed by atoms with E-state index >= 15 is 0 Å². The summed E-state index contributed by atoms with van der Waals surface area (Å²) in [5.41, 5.74) is 2.22. The summed E-state index contributed by atoms with van der Waals surface area (Å²) in [5, 5.41) is 6.57. The van der Waals surface area contributed by atoms with Crippen molar-refractivity contribution in [3.05, 3.63) is 29.3 Å². The molecule has 29 heavy (non-hydrogen) atoms. The van der Waals surface area contributed by atoms with Gasteiger partial charge in [0.15, 0.2) is 5.96 Å². The van der Waals surface area contributed by atoms with Crippen molar-refractivity contribution in [3.63, 3.8) is 0 Å². The molecule has 0 aromatic heterocycles. The van der Waals surface area contributed by atoms with Gasteiger partial charge in [-0.3, -0.25) is 4.79 Å². The number of benzene rings is 1. The Kier molecular flexibility index (Phi) is 12.7. The molecular formula is C21H34IN3O4. The van der Waals surface area contributed by atoms with E-state index in [1.165, 1.54) is 7.11 Å². The van der Waals surface area contributed by atoms with Crippen molar-refractivity contribution in [2.75, 3.05) is 33.4 Å². The van der Waals surface area contributed by atoms with Crippen LogP contribution in [0.25, 0.3) is 0 Å². The second kappa shape index (κ2) is 14.4. The molecule has 1 aliphatic heterocycles. The predicted molar refractivity (Wildman–Crippen MR) is 125 cm³/mol. The molecule has 1 heterocycles. The number of methoxy groups -OCH3 is 1. The van der Waals surface area contributed by atoms with Gasteiger partial charge in [-0.2, -0.15) is 0 Å². The Balaban J connectivity index is 0.00000420. The monoisotopic (exact) mass is 519 g/mol. The number of hydrogen-bond acceptors (Lipinski definition) is 5.